The van der Waals surface area contributed by atoms with Gasteiger partial charge in [0.15, 0.2) is 0 Å². The third-order valence-corrected chi connectivity index (χ3v) is 5.43. The Morgan fingerprint density at radius 2 is 1.59 bits per heavy atom. The number of methoxy groups -OCH3 is 1. The summed E-state index contributed by atoms with van der Waals surface area (Å²) < 4.78 is 10.5. The number of carbonyl (C=O) groups excluding carboxylic acids is 2. The molecular weight excluding hydrogens is 412 g/mol. The lowest BCUT2D eigenvalue weighted by Crippen LogP contribution is -2.50. The van der Waals surface area contributed by atoms with Crippen molar-refractivity contribution in [2.24, 2.45) is 0 Å². The summed E-state index contributed by atoms with van der Waals surface area (Å²) in [6.07, 6.45) is -0.700. The largest absolute Gasteiger partial charge is 0.481 e. The van der Waals surface area contributed by atoms with Crippen molar-refractivity contribution in [3.05, 3.63) is 59.7 Å². The maximum Gasteiger partial charge on any atom is 0.407 e. The molecule has 0 saturated carbocycles. The van der Waals surface area contributed by atoms with Crippen LogP contribution in [0.25, 0.3) is 11.1 Å². The summed E-state index contributed by atoms with van der Waals surface area (Å²) in [4.78, 5) is 35.9. The lowest BCUT2D eigenvalue weighted by molar-refractivity contribution is -0.137. The molecular formula is C24H28N2O6. The summed E-state index contributed by atoms with van der Waals surface area (Å²) >= 11 is 0. The van der Waals surface area contributed by atoms with Crippen LogP contribution >= 0.6 is 0 Å². The second-order valence-corrected chi connectivity index (χ2v) is 7.81. The number of alkyl carbamates (subject to hydrolysis) is 1. The van der Waals surface area contributed by atoms with Crippen molar-refractivity contribution in [3.8, 4) is 11.1 Å². The zero-order chi connectivity index (χ0) is 23.1. The number of benzene rings is 2. The summed E-state index contributed by atoms with van der Waals surface area (Å²) in [6.45, 7) is 1.97. The molecule has 0 radical (unpaired) electrons. The van der Waals surface area contributed by atoms with Gasteiger partial charge in [0.05, 0.1) is 6.42 Å². The SMILES string of the molecule is COCCC(NC(=O)OCC1c2ccccc2-c2ccccc21)C(=O)N[C@H](C)CC(=O)O. The van der Waals surface area contributed by atoms with Gasteiger partial charge in [0.1, 0.15) is 12.6 Å². The van der Waals surface area contributed by atoms with Crippen molar-refractivity contribution in [1.29, 1.82) is 0 Å². The molecule has 1 aliphatic carbocycles. The zero-order valence-electron chi connectivity index (χ0n) is 18.2. The van der Waals surface area contributed by atoms with E-state index < -0.39 is 30.1 Å². The Morgan fingerprint density at radius 3 is 2.16 bits per heavy atom. The summed E-state index contributed by atoms with van der Waals surface area (Å²) in [5.74, 6) is -1.59. The molecule has 2 aromatic carbocycles. The Labute approximate surface area is 186 Å². The Hall–Kier alpha value is -3.39. The smallest absolute Gasteiger partial charge is 0.407 e. The fraction of sp³-hybridized carbons (Fsp3) is 0.375. The molecule has 8 heteroatoms. The Kier molecular flexibility index (Phi) is 7.83. The predicted octanol–water partition coefficient (Wildman–Crippen LogP) is 2.91. The number of ether oxygens (including phenoxy) is 2. The maximum atomic E-state index is 12.5. The number of amides is 2. The lowest BCUT2D eigenvalue weighted by Gasteiger charge is -2.21. The molecule has 3 N–H and O–H groups in total. The van der Waals surface area contributed by atoms with Crippen molar-refractivity contribution in [2.75, 3.05) is 20.3 Å². The molecule has 2 amide bonds. The number of carboxylic acids is 1. The van der Waals surface area contributed by atoms with Gasteiger partial charge in [-0.05, 0) is 29.2 Å². The highest BCUT2D eigenvalue weighted by molar-refractivity contribution is 5.86. The maximum absolute atomic E-state index is 12.5. The average Bonchev–Trinajstić information content (AvgIpc) is 3.08. The molecule has 170 valence electrons. The third-order valence-electron chi connectivity index (χ3n) is 5.43. The molecule has 0 spiro atoms. The fourth-order valence-corrected chi connectivity index (χ4v) is 3.94. The van der Waals surface area contributed by atoms with E-state index in [9.17, 15) is 14.4 Å². The quantitative estimate of drug-likeness (QED) is 0.524. The Balaban J connectivity index is 1.63. The predicted molar refractivity (Wildman–Crippen MR) is 118 cm³/mol. The fourth-order valence-electron chi connectivity index (χ4n) is 3.94. The highest BCUT2D eigenvalue weighted by atomic mass is 16.5. The molecule has 0 aliphatic heterocycles. The first-order chi connectivity index (χ1) is 15.4. The minimum atomic E-state index is -1.02. The lowest BCUT2D eigenvalue weighted by atomic mass is 9.98. The molecule has 32 heavy (non-hydrogen) atoms. The summed E-state index contributed by atoms with van der Waals surface area (Å²) in [7, 11) is 1.50. The van der Waals surface area contributed by atoms with E-state index in [0.717, 1.165) is 22.3 Å². The number of carboxylic acid groups (broad SMARTS) is 1. The molecule has 2 atom stereocenters. The Bertz CT molecular complexity index is 931. The molecule has 2 aromatic rings. The molecule has 3 rings (SSSR count). The first kappa shape index (κ1) is 23.3. The first-order valence-corrected chi connectivity index (χ1v) is 10.5. The topological polar surface area (TPSA) is 114 Å². The minimum absolute atomic E-state index is 0.0880. The third kappa shape index (κ3) is 5.64. The van der Waals surface area contributed by atoms with Crippen LogP contribution in [0.3, 0.4) is 0 Å². The van der Waals surface area contributed by atoms with E-state index in [-0.39, 0.29) is 32.0 Å². The van der Waals surface area contributed by atoms with Gasteiger partial charge >= 0.3 is 12.1 Å². The van der Waals surface area contributed by atoms with E-state index in [1.807, 2.05) is 36.4 Å². The van der Waals surface area contributed by atoms with Crippen LogP contribution in [0.2, 0.25) is 0 Å². The second kappa shape index (κ2) is 10.8. The van der Waals surface area contributed by atoms with Crippen molar-refractivity contribution >= 4 is 18.0 Å². The molecule has 0 fully saturated rings. The van der Waals surface area contributed by atoms with E-state index >= 15 is 0 Å². The number of hydrogen-bond donors (Lipinski definition) is 3. The van der Waals surface area contributed by atoms with Gasteiger partial charge in [-0.1, -0.05) is 48.5 Å². The summed E-state index contributed by atoms with van der Waals surface area (Å²) in [5.41, 5.74) is 4.44. The number of aliphatic carboxylic acids is 1. The van der Waals surface area contributed by atoms with E-state index in [2.05, 4.69) is 22.8 Å². The molecule has 0 bridgehead atoms. The van der Waals surface area contributed by atoms with Gasteiger partial charge in [-0.25, -0.2) is 4.79 Å². The molecule has 8 nitrogen and oxygen atoms in total. The van der Waals surface area contributed by atoms with Crippen molar-refractivity contribution in [2.45, 2.75) is 37.8 Å². The van der Waals surface area contributed by atoms with Crippen molar-refractivity contribution in [3.63, 3.8) is 0 Å². The average molecular weight is 440 g/mol. The van der Waals surface area contributed by atoms with E-state index in [1.165, 1.54) is 7.11 Å². The normalized spacial score (nSPS) is 14.1. The van der Waals surface area contributed by atoms with E-state index in [4.69, 9.17) is 14.6 Å². The number of carbonyl (C=O) groups is 3. The molecule has 1 aliphatic rings. The molecule has 0 aromatic heterocycles. The molecule has 1 unspecified atom stereocenters. The van der Waals surface area contributed by atoms with Crippen LogP contribution in [0.5, 0.6) is 0 Å². The van der Waals surface area contributed by atoms with Gasteiger partial charge in [0.2, 0.25) is 5.91 Å². The number of hydrogen-bond acceptors (Lipinski definition) is 5. The van der Waals surface area contributed by atoms with E-state index in [1.54, 1.807) is 6.92 Å². The monoisotopic (exact) mass is 440 g/mol. The number of fused-ring (bicyclic) bond motifs is 3. The highest BCUT2D eigenvalue weighted by Crippen LogP contribution is 2.44. The molecule has 0 saturated heterocycles. The summed E-state index contributed by atoms with van der Waals surface area (Å²) in [6, 6.07) is 14.6. The first-order valence-electron chi connectivity index (χ1n) is 10.5. The van der Waals surface area contributed by atoms with Gasteiger partial charge in [0, 0.05) is 32.1 Å². The number of rotatable bonds is 10. The summed E-state index contributed by atoms with van der Waals surface area (Å²) in [5, 5.41) is 14.1. The highest BCUT2D eigenvalue weighted by Gasteiger charge is 2.30. The van der Waals surface area contributed by atoms with Crippen LogP contribution in [-0.2, 0) is 19.1 Å². The van der Waals surface area contributed by atoms with Crippen LogP contribution in [0.15, 0.2) is 48.5 Å². The van der Waals surface area contributed by atoms with Crippen LogP contribution in [0, 0.1) is 0 Å². The van der Waals surface area contributed by atoms with Gasteiger partial charge in [0.25, 0.3) is 0 Å². The zero-order valence-corrected chi connectivity index (χ0v) is 18.2. The van der Waals surface area contributed by atoms with Crippen LogP contribution < -0.4 is 10.6 Å². The van der Waals surface area contributed by atoms with Crippen molar-refractivity contribution < 1.29 is 29.0 Å². The van der Waals surface area contributed by atoms with Gasteiger partial charge in [-0.15, -0.1) is 0 Å². The minimum Gasteiger partial charge on any atom is -0.481 e. The molecule has 0 heterocycles. The van der Waals surface area contributed by atoms with Gasteiger partial charge < -0.3 is 25.2 Å². The standard InChI is InChI=1S/C24H28N2O6/c1-15(13-22(27)28)25-23(29)21(11-12-31-2)26-24(30)32-14-20-18-9-5-3-7-16(18)17-8-4-6-10-19(17)20/h3-10,15,20-21H,11-14H2,1-2H3,(H,25,29)(H,26,30)(H,27,28)/t15-,21?/m1/s1. The number of nitrogens with one attached hydrogen (secondary N) is 2. The van der Waals surface area contributed by atoms with Gasteiger partial charge in [-0.3, -0.25) is 9.59 Å². The van der Waals surface area contributed by atoms with Crippen LogP contribution in [-0.4, -0.2) is 55.5 Å². The van der Waals surface area contributed by atoms with Crippen molar-refractivity contribution in [1.82, 2.24) is 10.6 Å². The van der Waals surface area contributed by atoms with E-state index in [0.29, 0.717) is 0 Å². The van der Waals surface area contributed by atoms with Gasteiger partial charge in [-0.2, -0.15) is 0 Å². The van der Waals surface area contributed by atoms with Crippen LogP contribution in [0.4, 0.5) is 4.79 Å². The second-order valence-electron chi connectivity index (χ2n) is 7.81. The van der Waals surface area contributed by atoms with Crippen LogP contribution in [0.1, 0.15) is 36.8 Å². The Morgan fingerprint density at radius 1 is 1.00 bits per heavy atom.